The van der Waals surface area contributed by atoms with Crippen molar-refractivity contribution < 1.29 is 9.59 Å². The van der Waals surface area contributed by atoms with Crippen LogP contribution in [0.5, 0.6) is 0 Å². The van der Waals surface area contributed by atoms with Crippen LogP contribution >= 0.6 is 11.3 Å². The molecule has 2 unspecified atom stereocenters. The van der Waals surface area contributed by atoms with Gasteiger partial charge in [-0.2, -0.15) is 0 Å². The van der Waals surface area contributed by atoms with E-state index >= 15 is 0 Å². The summed E-state index contributed by atoms with van der Waals surface area (Å²) >= 11 is 1.59. The molecule has 6 heteroatoms. The monoisotopic (exact) mass is 335 g/mol. The number of thiophene rings is 1. The first-order chi connectivity index (χ1) is 11.2. The molecule has 23 heavy (non-hydrogen) atoms. The van der Waals surface area contributed by atoms with Crippen molar-refractivity contribution >= 4 is 23.3 Å². The molecule has 2 heterocycles. The highest BCUT2D eigenvalue weighted by molar-refractivity contribution is 7.09. The molecular weight excluding hydrogens is 310 g/mol. The fourth-order valence-electron chi connectivity index (χ4n) is 3.90. The minimum absolute atomic E-state index is 0.195. The van der Waals surface area contributed by atoms with E-state index in [1.807, 2.05) is 17.5 Å². The summed E-state index contributed by atoms with van der Waals surface area (Å²) in [6, 6.07) is 4.05. The van der Waals surface area contributed by atoms with Gasteiger partial charge in [0.15, 0.2) is 0 Å². The summed E-state index contributed by atoms with van der Waals surface area (Å²) in [5, 5.41) is 7.16. The van der Waals surface area contributed by atoms with Crippen molar-refractivity contribution in [3.8, 4) is 0 Å². The fraction of sp³-hybridized carbons (Fsp3) is 0.647. The number of carbonyl (C=O) groups is 2. The minimum atomic E-state index is -0.402. The molecule has 1 saturated carbocycles. The van der Waals surface area contributed by atoms with E-state index < -0.39 is 6.03 Å². The highest BCUT2D eigenvalue weighted by Crippen LogP contribution is 2.34. The van der Waals surface area contributed by atoms with Crippen molar-refractivity contribution in [1.82, 2.24) is 15.5 Å². The van der Waals surface area contributed by atoms with E-state index in [1.165, 1.54) is 38.5 Å². The fourth-order valence-corrected chi connectivity index (χ4v) is 4.54. The van der Waals surface area contributed by atoms with E-state index in [2.05, 4.69) is 15.5 Å². The van der Waals surface area contributed by atoms with Crippen LogP contribution in [0.3, 0.4) is 0 Å². The van der Waals surface area contributed by atoms with Crippen LogP contribution in [0.1, 0.15) is 43.4 Å². The summed E-state index contributed by atoms with van der Waals surface area (Å²) < 4.78 is 0. The number of piperidine rings is 1. The van der Waals surface area contributed by atoms with Crippen LogP contribution in [-0.4, -0.2) is 36.0 Å². The lowest BCUT2D eigenvalue weighted by Crippen LogP contribution is -2.52. The van der Waals surface area contributed by atoms with Gasteiger partial charge in [0.25, 0.3) is 0 Å². The smallest absolute Gasteiger partial charge is 0.321 e. The van der Waals surface area contributed by atoms with Gasteiger partial charge in [-0.3, -0.25) is 15.0 Å². The molecule has 1 aliphatic carbocycles. The highest BCUT2D eigenvalue weighted by Gasteiger charge is 2.33. The molecule has 2 N–H and O–H groups in total. The maximum Gasteiger partial charge on any atom is 0.321 e. The standard InChI is InChI=1S/C17H25N3O2S/c21-16(19-17(22)18-11-14-7-4-10-23-14)12-20-9-3-6-13-5-1-2-8-15(13)20/h4,7,10,13,15H,1-3,5-6,8-9,11-12H2,(H2,18,19,21,22). The average Bonchev–Trinajstić information content (AvgIpc) is 3.07. The number of imide groups is 1. The number of nitrogens with zero attached hydrogens (tertiary/aromatic N) is 1. The average molecular weight is 335 g/mol. The Morgan fingerprint density at radius 3 is 2.87 bits per heavy atom. The third kappa shape index (κ3) is 4.54. The highest BCUT2D eigenvalue weighted by atomic mass is 32.1. The quantitative estimate of drug-likeness (QED) is 0.889. The Morgan fingerprint density at radius 2 is 2.04 bits per heavy atom. The van der Waals surface area contributed by atoms with Gasteiger partial charge in [-0.05, 0) is 49.6 Å². The largest absolute Gasteiger partial charge is 0.333 e. The molecule has 0 radical (unpaired) electrons. The Kier molecular flexibility index (Phi) is 5.67. The van der Waals surface area contributed by atoms with Gasteiger partial charge in [0.2, 0.25) is 5.91 Å². The van der Waals surface area contributed by atoms with Gasteiger partial charge in [-0.15, -0.1) is 11.3 Å². The topological polar surface area (TPSA) is 61.4 Å². The van der Waals surface area contributed by atoms with Crippen LogP contribution in [0, 0.1) is 5.92 Å². The first-order valence-electron chi connectivity index (χ1n) is 8.56. The molecule has 1 saturated heterocycles. The second kappa shape index (κ2) is 7.93. The molecule has 2 aliphatic rings. The molecule has 1 aromatic heterocycles. The second-order valence-corrected chi connectivity index (χ2v) is 7.57. The molecular formula is C17H25N3O2S. The molecule has 126 valence electrons. The zero-order valence-corrected chi connectivity index (χ0v) is 14.2. The number of hydrogen-bond acceptors (Lipinski definition) is 4. The Hall–Kier alpha value is -1.40. The van der Waals surface area contributed by atoms with Gasteiger partial charge in [0, 0.05) is 10.9 Å². The van der Waals surface area contributed by atoms with Gasteiger partial charge in [0.1, 0.15) is 0 Å². The number of nitrogens with one attached hydrogen (secondary N) is 2. The summed E-state index contributed by atoms with van der Waals surface area (Å²) in [7, 11) is 0. The second-order valence-electron chi connectivity index (χ2n) is 6.53. The summed E-state index contributed by atoms with van der Waals surface area (Å²) in [5.74, 6) is 0.554. The Balaban J connectivity index is 1.43. The molecule has 2 fully saturated rings. The predicted octanol–water partition coefficient (Wildman–Crippen LogP) is 2.73. The van der Waals surface area contributed by atoms with Crippen LogP contribution < -0.4 is 10.6 Å². The van der Waals surface area contributed by atoms with Crippen LogP contribution in [-0.2, 0) is 11.3 Å². The Labute approximate surface area is 141 Å². The van der Waals surface area contributed by atoms with E-state index in [1.54, 1.807) is 11.3 Å². The Bertz CT molecular complexity index is 530. The van der Waals surface area contributed by atoms with Crippen molar-refractivity contribution in [2.24, 2.45) is 5.92 Å². The third-order valence-electron chi connectivity index (χ3n) is 4.96. The molecule has 2 atom stereocenters. The number of amides is 3. The summed E-state index contributed by atoms with van der Waals surface area (Å²) in [4.78, 5) is 27.3. The third-order valence-corrected chi connectivity index (χ3v) is 5.84. The predicted molar refractivity (Wildman–Crippen MR) is 91.3 cm³/mol. The lowest BCUT2D eigenvalue weighted by molar-refractivity contribution is -0.122. The summed E-state index contributed by atoms with van der Waals surface area (Å²) in [6.45, 7) is 1.78. The van der Waals surface area contributed by atoms with Crippen molar-refractivity contribution in [2.45, 2.75) is 51.1 Å². The molecule has 5 nitrogen and oxygen atoms in total. The number of rotatable bonds is 4. The number of hydrogen-bond donors (Lipinski definition) is 2. The van der Waals surface area contributed by atoms with Crippen LogP contribution in [0.25, 0.3) is 0 Å². The van der Waals surface area contributed by atoms with Crippen molar-refractivity contribution in [3.05, 3.63) is 22.4 Å². The molecule has 1 aliphatic heterocycles. The molecule has 0 aromatic carbocycles. The van der Waals surface area contributed by atoms with Crippen LogP contribution in [0.15, 0.2) is 17.5 Å². The van der Waals surface area contributed by atoms with Crippen LogP contribution in [0.2, 0.25) is 0 Å². The van der Waals surface area contributed by atoms with Gasteiger partial charge in [-0.25, -0.2) is 4.79 Å². The molecule has 0 spiro atoms. The number of fused-ring (bicyclic) bond motifs is 1. The first-order valence-corrected chi connectivity index (χ1v) is 9.44. The summed E-state index contributed by atoms with van der Waals surface area (Å²) in [6.07, 6.45) is 7.54. The van der Waals surface area contributed by atoms with E-state index in [9.17, 15) is 9.59 Å². The normalized spacial score (nSPS) is 24.7. The van der Waals surface area contributed by atoms with Crippen molar-refractivity contribution in [1.29, 1.82) is 0 Å². The van der Waals surface area contributed by atoms with Crippen molar-refractivity contribution in [2.75, 3.05) is 13.1 Å². The number of urea groups is 1. The van der Waals surface area contributed by atoms with Gasteiger partial charge in [-0.1, -0.05) is 18.9 Å². The zero-order chi connectivity index (χ0) is 16.1. The van der Waals surface area contributed by atoms with E-state index in [0.717, 1.165) is 17.3 Å². The SMILES string of the molecule is O=C(CN1CCCC2CCCCC21)NC(=O)NCc1cccs1. The van der Waals surface area contributed by atoms with Crippen LogP contribution in [0.4, 0.5) is 4.79 Å². The van der Waals surface area contributed by atoms with Gasteiger partial charge in [0.05, 0.1) is 13.1 Å². The van der Waals surface area contributed by atoms with E-state index in [4.69, 9.17) is 0 Å². The lowest BCUT2D eigenvalue weighted by atomic mass is 9.78. The van der Waals surface area contributed by atoms with E-state index in [-0.39, 0.29) is 5.91 Å². The Morgan fingerprint density at radius 1 is 1.22 bits per heavy atom. The maximum absolute atomic E-state index is 12.1. The van der Waals surface area contributed by atoms with Gasteiger partial charge >= 0.3 is 6.03 Å². The van der Waals surface area contributed by atoms with E-state index in [0.29, 0.717) is 19.1 Å². The number of likely N-dealkylation sites (tertiary alicyclic amines) is 1. The molecule has 1 aromatic rings. The van der Waals surface area contributed by atoms with Crippen molar-refractivity contribution in [3.63, 3.8) is 0 Å². The molecule has 0 bridgehead atoms. The molecule has 3 amide bonds. The first kappa shape index (κ1) is 16.5. The maximum atomic E-state index is 12.1. The summed E-state index contributed by atoms with van der Waals surface area (Å²) in [5.41, 5.74) is 0. The zero-order valence-electron chi connectivity index (χ0n) is 13.4. The minimum Gasteiger partial charge on any atom is -0.333 e. The number of carbonyl (C=O) groups excluding carboxylic acids is 2. The van der Waals surface area contributed by atoms with Gasteiger partial charge < -0.3 is 5.32 Å². The lowest BCUT2D eigenvalue weighted by Gasteiger charge is -2.43. The molecule has 3 rings (SSSR count).